The third kappa shape index (κ3) is 2.81. The van der Waals surface area contributed by atoms with E-state index in [2.05, 4.69) is 10.2 Å². The number of nitrogens with one attached hydrogen (secondary N) is 1. The lowest BCUT2D eigenvalue weighted by Gasteiger charge is -2.40. The van der Waals surface area contributed by atoms with E-state index in [9.17, 15) is 14.0 Å². The quantitative estimate of drug-likeness (QED) is 0.923. The molecule has 0 aliphatic carbocycles. The zero-order valence-electron chi connectivity index (χ0n) is 14.5. The van der Waals surface area contributed by atoms with E-state index in [1.165, 1.54) is 12.1 Å². The monoisotopic (exact) mass is 353 g/mol. The van der Waals surface area contributed by atoms with E-state index in [0.29, 0.717) is 16.7 Å². The summed E-state index contributed by atoms with van der Waals surface area (Å²) in [7, 11) is 1.96. The molecule has 2 aliphatic heterocycles. The van der Waals surface area contributed by atoms with Gasteiger partial charge in [-0.05, 0) is 48.7 Å². The number of nitrogens with zero attached hydrogens (tertiary/aromatic N) is 2. The van der Waals surface area contributed by atoms with Crippen LogP contribution in [0.3, 0.4) is 0 Å². The summed E-state index contributed by atoms with van der Waals surface area (Å²) in [4.78, 5) is 29.1. The van der Waals surface area contributed by atoms with Crippen molar-refractivity contribution in [3.8, 4) is 0 Å². The Morgan fingerprint density at radius 3 is 2.92 bits per heavy atom. The molecule has 26 heavy (non-hydrogen) atoms. The molecule has 2 amide bonds. The van der Waals surface area contributed by atoms with E-state index in [-0.39, 0.29) is 30.3 Å². The second-order valence-corrected chi connectivity index (χ2v) is 6.78. The van der Waals surface area contributed by atoms with Crippen LogP contribution in [0.2, 0.25) is 0 Å². The van der Waals surface area contributed by atoms with Gasteiger partial charge < -0.3 is 15.1 Å². The van der Waals surface area contributed by atoms with Crippen molar-refractivity contribution >= 4 is 17.5 Å². The number of hydrogen-bond donors (Lipinski definition) is 1. The summed E-state index contributed by atoms with van der Waals surface area (Å²) in [5.41, 5.74) is 2.61. The van der Waals surface area contributed by atoms with Gasteiger partial charge in [-0.3, -0.25) is 9.59 Å². The molecule has 2 aromatic rings. The summed E-state index contributed by atoms with van der Waals surface area (Å²) < 4.78 is 13.2. The highest BCUT2D eigenvalue weighted by Gasteiger charge is 2.38. The predicted octanol–water partition coefficient (Wildman–Crippen LogP) is 2.77. The molecule has 1 fully saturated rings. The lowest BCUT2D eigenvalue weighted by atomic mass is 10.0. The molecule has 0 aromatic heterocycles. The molecular weight excluding hydrogens is 333 g/mol. The third-order valence-electron chi connectivity index (χ3n) is 5.14. The summed E-state index contributed by atoms with van der Waals surface area (Å²) in [5, 5.41) is 2.80. The van der Waals surface area contributed by atoms with Crippen LogP contribution in [-0.4, -0.2) is 36.5 Å². The standard InChI is InChI=1S/C20H20FN3O2/c1-23-17-11-14(19(25)22-12-13-4-2-5-15(21)10-13)7-8-16(17)20(26)24-9-3-6-18(23)24/h2,4-5,7-8,10-11,18H,3,6,9,12H2,1H3,(H,22,25). The molecule has 0 radical (unpaired) electrons. The number of halogens is 1. The van der Waals surface area contributed by atoms with E-state index < -0.39 is 0 Å². The van der Waals surface area contributed by atoms with E-state index in [1.807, 2.05) is 11.9 Å². The molecular formula is C20H20FN3O2. The van der Waals surface area contributed by atoms with Gasteiger partial charge >= 0.3 is 0 Å². The summed E-state index contributed by atoms with van der Waals surface area (Å²) in [5.74, 6) is -0.536. The van der Waals surface area contributed by atoms with Crippen molar-refractivity contribution < 1.29 is 14.0 Å². The van der Waals surface area contributed by atoms with E-state index >= 15 is 0 Å². The van der Waals surface area contributed by atoms with Crippen LogP contribution in [0.1, 0.15) is 39.1 Å². The zero-order chi connectivity index (χ0) is 18.3. The fourth-order valence-electron chi connectivity index (χ4n) is 3.78. The SMILES string of the molecule is CN1c2cc(C(=O)NCc3cccc(F)c3)ccc2C(=O)N2CCCC21. The van der Waals surface area contributed by atoms with Crippen LogP contribution in [0.25, 0.3) is 0 Å². The highest BCUT2D eigenvalue weighted by atomic mass is 19.1. The van der Waals surface area contributed by atoms with Gasteiger partial charge in [-0.15, -0.1) is 0 Å². The smallest absolute Gasteiger partial charge is 0.257 e. The number of rotatable bonds is 3. The van der Waals surface area contributed by atoms with Crippen molar-refractivity contribution in [2.75, 3.05) is 18.5 Å². The maximum atomic E-state index is 13.2. The molecule has 1 unspecified atom stereocenters. The Labute approximate surface area is 151 Å². The van der Waals surface area contributed by atoms with E-state index in [4.69, 9.17) is 0 Å². The topological polar surface area (TPSA) is 52.7 Å². The zero-order valence-corrected chi connectivity index (χ0v) is 14.5. The number of anilines is 1. The van der Waals surface area contributed by atoms with Crippen LogP contribution < -0.4 is 10.2 Å². The molecule has 0 bridgehead atoms. The molecule has 2 aromatic carbocycles. The van der Waals surface area contributed by atoms with Crippen molar-refractivity contribution in [1.29, 1.82) is 0 Å². The van der Waals surface area contributed by atoms with Crippen LogP contribution in [0.15, 0.2) is 42.5 Å². The number of carbonyl (C=O) groups is 2. The van der Waals surface area contributed by atoms with Gasteiger partial charge in [0.2, 0.25) is 0 Å². The summed E-state index contributed by atoms with van der Waals surface area (Å²) in [6, 6.07) is 11.3. The van der Waals surface area contributed by atoms with Crippen LogP contribution in [0.4, 0.5) is 10.1 Å². The van der Waals surface area contributed by atoms with Gasteiger partial charge in [0, 0.05) is 25.7 Å². The maximum Gasteiger partial charge on any atom is 0.257 e. The first kappa shape index (κ1) is 16.6. The molecule has 2 heterocycles. The molecule has 6 heteroatoms. The first-order valence-electron chi connectivity index (χ1n) is 8.75. The second kappa shape index (κ2) is 6.44. The van der Waals surface area contributed by atoms with E-state index in [0.717, 1.165) is 25.1 Å². The van der Waals surface area contributed by atoms with Gasteiger partial charge in [-0.1, -0.05) is 12.1 Å². The van der Waals surface area contributed by atoms with Crippen LogP contribution in [0, 0.1) is 5.82 Å². The number of hydrogen-bond acceptors (Lipinski definition) is 3. The van der Waals surface area contributed by atoms with Crippen molar-refractivity contribution in [3.63, 3.8) is 0 Å². The summed E-state index contributed by atoms with van der Waals surface area (Å²) in [6.45, 7) is 1.03. The molecule has 1 N–H and O–H groups in total. The Hall–Kier alpha value is -2.89. The predicted molar refractivity (Wildman–Crippen MR) is 96.5 cm³/mol. The maximum absolute atomic E-state index is 13.2. The van der Waals surface area contributed by atoms with Crippen molar-refractivity contribution in [2.24, 2.45) is 0 Å². The van der Waals surface area contributed by atoms with Gasteiger partial charge in [-0.25, -0.2) is 4.39 Å². The van der Waals surface area contributed by atoms with Gasteiger partial charge in [0.05, 0.1) is 11.3 Å². The molecule has 1 atom stereocenters. The highest BCUT2D eigenvalue weighted by molar-refractivity contribution is 6.04. The Morgan fingerprint density at radius 2 is 2.12 bits per heavy atom. The second-order valence-electron chi connectivity index (χ2n) is 6.78. The van der Waals surface area contributed by atoms with Crippen molar-refractivity contribution in [3.05, 3.63) is 65.0 Å². The molecule has 0 spiro atoms. The van der Waals surface area contributed by atoms with Crippen LogP contribution >= 0.6 is 0 Å². The molecule has 1 saturated heterocycles. The first-order chi connectivity index (χ1) is 12.5. The minimum atomic E-state index is -0.327. The highest BCUT2D eigenvalue weighted by Crippen LogP contribution is 2.35. The lowest BCUT2D eigenvalue weighted by molar-refractivity contribution is 0.0719. The van der Waals surface area contributed by atoms with Crippen LogP contribution in [-0.2, 0) is 6.54 Å². The Bertz CT molecular complexity index is 883. The molecule has 2 aliphatic rings. The fourth-order valence-corrected chi connectivity index (χ4v) is 3.78. The van der Waals surface area contributed by atoms with Gasteiger partial charge in [0.1, 0.15) is 12.0 Å². The first-order valence-corrected chi connectivity index (χ1v) is 8.75. The minimum absolute atomic E-state index is 0.0346. The lowest BCUT2D eigenvalue weighted by Crippen LogP contribution is -2.50. The Balaban J connectivity index is 1.54. The largest absolute Gasteiger partial charge is 0.354 e. The average Bonchev–Trinajstić information content (AvgIpc) is 3.14. The molecule has 134 valence electrons. The number of carbonyl (C=O) groups excluding carboxylic acids is 2. The third-order valence-corrected chi connectivity index (χ3v) is 5.14. The van der Waals surface area contributed by atoms with Crippen LogP contribution in [0.5, 0.6) is 0 Å². The minimum Gasteiger partial charge on any atom is -0.354 e. The van der Waals surface area contributed by atoms with Gasteiger partial charge in [0.25, 0.3) is 11.8 Å². The normalized spacial score (nSPS) is 18.5. The van der Waals surface area contributed by atoms with Crippen molar-refractivity contribution in [2.45, 2.75) is 25.6 Å². The summed E-state index contributed by atoms with van der Waals surface area (Å²) in [6.07, 6.45) is 2.01. The fraction of sp³-hybridized carbons (Fsp3) is 0.300. The molecule has 5 nitrogen and oxygen atoms in total. The molecule has 0 saturated carbocycles. The van der Waals surface area contributed by atoms with Gasteiger partial charge in [0.15, 0.2) is 0 Å². The number of fused-ring (bicyclic) bond motifs is 2. The van der Waals surface area contributed by atoms with Crippen molar-refractivity contribution in [1.82, 2.24) is 10.2 Å². The number of benzene rings is 2. The Kier molecular flexibility index (Phi) is 4.11. The summed E-state index contributed by atoms with van der Waals surface area (Å²) >= 11 is 0. The molecule has 4 rings (SSSR count). The van der Waals surface area contributed by atoms with Gasteiger partial charge in [-0.2, -0.15) is 0 Å². The average molecular weight is 353 g/mol. The Morgan fingerprint density at radius 1 is 1.27 bits per heavy atom. The number of amides is 2. The van der Waals surface area contributed by atoms with E-state index in [1.54, 1.807) is 30.3 Å².